The first-order valence-corrected chi connectivity index (χ1v) is 8.42. The van der Waals surface area contributed by atoms with E-state index in [4.69, 9.17) is 4.74 Å². The Kier molecular flexibility index (Phi) is 4.44. The molecule has 1 aliphatic heterocycles. The van der Waals surface area contributed by atoms with Crippen LogP contribution in [0, 0.1) is 5.41 Å². The van der Waals surface area contributed by atoms with E-state index in [1.54, 1.807) is 7.11 Å². The summed E-state index contributed by atoms with van der Waals surface area (Å²) in [5, 5.41) is 3.44. The minimum Gasteiger partial charge on any atom is -0.497 e. The van der Waals surface area contributed by atoms with Gasteiger partial charge in [0.2, 0.25) is 0 Å². The van der Waals surface area contributed by atoms with Crippen molar-refractivity contribution in [2.75, 3.05) is 38.2 Å². The average molecular weight is 300 g/mol. The summed E-state index contributed by atoms with van der Waals surface area (Å²) in [4.78, 5) is 2.49. The summed E-state index contributed by atoms with van der Waals surface area (Å²) in [5.41, 5.74) is 4.70. The van der Waals surface area contributed by atoms with E-state index in [9.17, 15) is 0 Å². The SMILES string of the molecule is COc1ccc(C2=CCC(C)(C)CC2)c(N2CCNCC2)c1. The van der Waals surface area contributed by atoms with Crippen molar-refractivity contribution in [2.45, 2.75) is 33.1 Å². The van der Waals surface area contributed by atoms with Crippen LogP contribution in [-0.2, 0) is 0 Å². The molecular weight excluding hydrogens is 272 g/mol. The van der Waals surface area contributed by atoms with Crippen LogP contribution < -0.4 is 15.0 Å². The van der Waals surface area contributed by atoms with Crippen LogP contribution in [0.5, 0.6) is 5.75 Å². The molecule has 0 bridgehead atoms. The van der Waals surface area contributed by atoms with Gasteiger partial charge in [-0.3, -0.25) is 0 Å². The van der Waals surface area contributed by atoms with E-state index in [-0.39, 0.29) is 0 Å². The molecule has 120 valence electrons. The maximum atomic E-state index is 5.46. The van der Waals surface area contributed by atoms with Crippen molar-refractivity contribution in [1.82, 2.24) is 5.32 Å². The quantitative estimate of drug-likeness (QED) is 0.921. The number of hydrogen-bond donors (Lipinski definition) is 1. The number of anilines is 1. The van der Waals surface area contributed by atoms with Crippen LogP contribution in [0.15, 0.2) is 24.3 Å². The Labute approximate surface area is 134 Å². The Morgan fingerprint density at radius 1 is 1.18 bits per heavy atom. The summed E-state index contributed by atoms with van der Waals surface area (Å²) in [6.45, 7) is 8.99. The second kappa shape index (κ2) is 6.33. The lowest BCUT2D eigenvalue weighted by molar-refractivity contribution is 0.335. The van der Waals surface area contributed by atoms with Gasteiger partial charge < -0.3 is 15.0 Å². The first kappa shape index (κ1) is 15.4. The first-order valence-electron chi connectivity index (χ1n) is 8.42. The number of piperazine rings is 1. The molecule has 0 radical (unpaired) electrons. The third-order valence-electron chi connectivity index (χ3n) is 4.98. The fourth-order valence-corrected chi connectivity index (χ4v) is 3.40. The molecular formula is C19H28N2O. The van der Waals surface area contributed by atoms with Gasteiger partial charge in [-0.15, -0.1) is 0 Å². The first-order chi connectivity index (χ1) is 10.6. The second-order valence-corrected chi connectivity index (χ2v) is 7.22. The highest BCUT2D eigenvalue weighted by molar-refractivity contribution is 5.78. The van der Waals surface area contributed by atoms with Gasteiger partial charge >= 0.3 is 0 Å². The number of nitrogens with zero attached hydrogens (tertiary/aromatic N) is 1. The van der Waals surface area contributed by atoms with Gasteiger partial charge in [0.05, 0.1) is 7.11 Å². The number of benzene rings is 1. The lowest BCUT2D eigenvalue weighted by Gasteiger charge is -2.34. The molecule has 0 atom stereocenters. The Morgan fingerprint density at radius 2 is 1.95 bits per heavy atom. The molecule has 3 heteroatoms. The zero-order valence-corrected chi connectivity index (χ0v) is 14.1. The predicted octanol–water partition coefficient (Wildman–Crippen LogP) is 3.70. The molecule has 0 aromatic heterocycles. The Bertz CT molecular complexity index is 557. The number of allylic oxidation sites excluding steroid dienone is 2. The fraction of sp³-hybridized carbons (Fsp3) is 0.579. The van der Waals surface area contributed by atoms with Crippen LogP contribution in [0.2, 0.25) is 0 Å². The molecule has 3 rings (SSSR count). The van der Waals surface area contributed by atoms with Crippen molar-refractivity contribution in [3.8, 4) is 5.75 Å². The molecule has 1 aromatic carbocycles. The van der Waals surface area contributed by atoms with E-state index < -0.39 is 0 Å². The average Bonchev–Trinajstić information content (AvgIpc) is 2.55. The van der Waals surface area contributed by atoms with Crippen molar-refractivity contribution >= 4 is 11.3 Å². The maximum Gasteiger partial charge on any atom is 0.120 e. The Morgan fingerprint density at radius 3 is 2.59 bits per heavy atom. The van der Waals surface area contributed by atoms with Gasteiger partial charge in [-0.05, 0) is 42.4 Å². The Hall–Kier alpha value is -1.48. The molecule has 1 heterocycles. The van der Waals surface area contributed by atoms with Gasteiger partial charge in [0.25, 0.3) is 0 Å². The summed E-state index contributed by atoms with van der Waals surface area (Å²) in [7, 11) is 1.75. The zero-order chi connectivity index (χ0) is 15.6. The number of methoxy groups -OCH3 is 1. The van der Waals surface area contributed by atoms with E-state index in [1.807, 2.05) is 0 Å². The van der Waals surface area contributed by atoms with Gasteiger partial charge in [-0.25, -0.2) is 0 Å². The summed E-state index contributed by atoms with van der Waals surface area (Å²) in [6, 6.07) is 6.56. The van der Waals surface area contributed by atoms with Gasteiger partial charge in [-0.1, -0.05) is 19.9 Å². The van der Waals surface area contributed by atoms with E-state index in [0.717, 1.165) is 31.9 Å². The number of hydrogen-bond acceptors (Lipinski definition) is 3. The third-order valence-corrected chi connectivity index (χ3v) is 4.98. The van der Waals surface area contributed by atoms with Crippen LogP contribution >= 0.6 is 0 Å². The molecule has 1 aliphatic carbocycles. The van der Waals surface area contributed by atoms with E-state index in [2.05, 4.69) is 48.3 Å². The van der Waals surface area contributed by atoms with Gasteiger partial charge in [0.1, 0.15) is 5.75 Å². The second-order valence-electron chi connectivity index (χ2n) is 7.22. The summed E-state index contributed by atoms with van der Waals surface area (Å²) in [5.74, 6) is 0.953. The molecule has 0 spiro atoms. The Balaban J connectivity index is 1.94. The minimum absolute atomic E-state index is 0.450. The summed E-state index contributed by atoms with van der Waals surface area (Å²) < 4.78 is 5.46. The van der Waals surface area contributed by atoms with Crippen LogP contribution in [0.3, 0.4) is 0 Å². The molecule has 0 unspecified atom stereocenters. The highest BCUT2D eigenvalue weighted by atomic mass is 16.5. The molecule has 2 aliphatic rings. The van der Waals surface area contributed by atoms with Crippen LogP contribution in [0.4, 0.5) is 5.69 Å². The summed E-state index contributed by atoms with van der Waals surface area (Å²) in [6.07, 6.45) is 6.08. The number of ether oxygens (including phenoxy) is 1. The van der Waals surface area contributed by atoms with E-state index >= 15 is 0 Å². The lowest BCUT2D eigenvalue weighted by atomic mass is 9.77. The van der Waals surface area contributed by atoms with Crippen LogP contribution in [-0.4, -0.2) is 33.3 Å². The highest BCUT2D eigenvalue weighted by Gasteiger charge is 2.24. The number of nitrogens with one attached hydrogen (secondary N) is 1. The van der Waals surface area contributed by atoms with Crippen LogP contribution in [0.25, 0.3) is 5.57 Å². The number of rotatable bonds is 3. The van der Waals surface area contributed by atoms with Crippen molar-refractivity contribution < 1.29 is 4.74 Å². The largest absolute Gasteiger partial charge is 0.497 e. The van der Waals surface area contributed by atoms with Gasteiger partial charge in [0, 0.05) is 43.5 Å². The van der Waals surface area contributed by atoms with Crippen molar-refractivity contribution in [3.63, 3.8) is 0 Å². The molecule has 1 N–H and O–H groups in total. The predicted molar refractivity (Wildman–Crippen MR) is 93.7 cm³/mol. The minimum atomic E-state index is 0.450. The smallest absolute Gasteiger partial charge is 0.120 e. The van der Waals surface area contributed by atoms with E-state index in [1.165, 1.54) is 36.1 Å². The molecule has 3 nitrogen and oxygen atoms in total. The fourth-order valence-electron chi connectivity index (χ4n) is 3.40. The molecule has 0 amide bonds. The molecule has 1 saturated heterocycles. The van der Waals surface area contributed by atoms with Crippen molar-refractivity contribution in [3.05, 3.63) is 29.8 Å². The standard InChI is InChI=1S/C19H28N2O/c1-19(2)8-6-15(7-9-19)17-5-4-16(22-3)14-18(17)21-12-10-20-11-13-21/h4-6,14,20H,7-13H2,1-3H3. The maximum absolute atomic E-state index is 5.46. The van der Waals surface area contributed by atoms with Gasteiger partial charge in [0.15, 0.2) is 0 Å². The lowest BCUT2D eigenvalue weighted by Crippen LogP contribution is -2.43. The third kappa shape index (κ3) is 3.30. The zero-order valence-electron chi connectivity index (χ0n) is 14.1. The summed E-state index contributed by atoms with van der Waals surface area (Å²) >= 11 is 0. The topological polar surface area (TPSA) is 24.5 Å². The van der Waals surface area contributed by atoms with Crippen molar-refractivity contribution in [1.29, 1.82) is 0 Å². The van der Waals surface area contributed by atoms with Crippen molar-refractivity contribution in [2.24, 2.45) is 5.41 Å². The molecule has 22 heavy (non-hydrogen) atoms. The highest BCUT2D eigenvalue weighted by Crippen LogP contribution is 2.41. The monoisotopic (exact) mass is 300 g/mol. The van der Waals surface area contributed by atoms with E-state index in [0.29, 0.717) is 5.41 Å². The molecule has 0 saturated carbocycles. The molecule has 1 aromatic rings. The van der Waals surface area contributed by atoms with Gasteiger partial charge in [-0.2, -0.15) is 0 Å². The normalized spacial score (nSPS) is 21.4. The van der Waals surface area contributed by atoms with Crippen LogP contribution in [0.1, 0.15) is 38.7 Å². The molecule has 1 fully saturated rings.